The Kier molecular flexibility index (Phi) is 4.17. The van der Waals surface area contributed by atoms with E-state index in [2.05, 4.69) is 15.6 Å². The van der Waals surface area contributed by atoms with E-state index < -0.39 is 0 Å². The van der Waals surface area contributed by atoms with Crippen LogP contribution in [-0.4, -0.2) is 10.9 Å². The molecule has 0 radical (unpaired) electrons. The van der Waals surface area contributed by atoms with E-state index in [9.17, 15) is 4.79 Å². The first-order valence-electron chi connectivity index (χ1n) is 5.32. The van der Waals surface area contributed by atoms with Crippen LogP contribution in [0.15, 0.2) is 29.6 Å². The largest absolute Gasteiger partial charge is 0.331 e. The number of carbonyl (C=O) groups excluding carboxylic acids is 1. The number of alkyl halides is 1. The zero-order chi connectivity index (χ0) is 13.0. The number of benzene rings is 1. The lowest BCUT2D eigenvalue weighted by Gasteiger charge is -2.06. The lowest BCUT2D eigenvalue weighted by atomic mass is 10.3. The van der Waals surface area contributed by atoms with Crippen LogP contribution >= 0.6 is 22.9 Å². The van der Waals surface area contributed by atoms with Crippen LogP contribution < -0.4 is 10.6 Å². The molecular formula is C12H12ClN3OS. The first-order chi connectivity index (χ1) is 8.67. The van der Waals surface area contributed by atoms with Gasteiger partial charge in [-0.1, -0.05) is 6.07 Å². The highest BCUT2D eigenvalue weighted by atomic mass is 35.5. The van der Waals surface area contributed by atoms with Crippen molar-refractivity contribution in [2.45, 2.75) is 12.8 Å². The smallest absolute Gasteiger partial charge is 0.221 e. The SMILES string of the molecule is CC(=O)Nc1cccc(Nc2nc(CCl)cs2)c1. The zero-order valence-electron chi connectivity index (χ0n) is 9.74. The molecule has 0 unspecified atom stereocenters. The van der Waals surface area contributed by atoms with Gasteiger partial charge in [0.05, 0.1) is 11.6 Å². The summed E-state index contributed by atoms with van der Waals surface area (Å²) in [6.45, 7) is 1.48. The molecule has 2 N–H and O–H groups in total. The fourth-order valence-electron chi connectivity index (χ4n) is 1.43. The van der Waals surface area contributed by atoms with Crippen LogP contribution in [0.2, 0.25) is 0 Å². The van der Waals surface area contributed by atoms with E-state index in [0.29, 0.717) is 5.88 Å². The quantitative estimate of drug-likeness (QED) is 0.842. The van der Waals surface area contributed by atoms with Crippen LogP contribution in [0, 0.1) is 0 Å². The summed E-state index contributed by atoms with van der Waals surface area (Å²) in [4.78, 5) is 15.3. The van der Waals surface area contributed by atoms with Gasteiger partial charge in [-0.25, -0.2) is 4.98 Å². The molecule has 4 nitrogen and oxygen atoms in total. The first kappa shape index (κ1) is 12.9. The van der Waals surface area contributed by atoms with E-state index in [1.54, 1.807) is 0 Å². The van der Waals surface area contributed by atoms with E-state index in [4.69, 9.17) is 11.6 Å². The molecular weight excluding hydrogens is 270 g/mol. The number of hydrogen-bond donors (Lipinski definition) is 2. The van der Waals surface area contributed by atoms with Gasteiger partial charge in [0, 0.05) is 23.7 Å². The minimum Gasteiger partial charge on any atom is -0.331 e. The Hall–Kier alpha value is -1.59. The molecule has 0 saturated heterocycles. The Morgan fingerprint density at radius 2 is 2.22 bits per heavy atom. The third-order valence-corrected chi connectivity index (χ3v) is 3.20. The van der Waals surface area contributed by atoms with Crippen LogP contribution in [0.1, 0.15) is 12.6 Å². The van der Waals surface area contributed by atoms with E-state index >= 15 is 0 Å². The number of carbonyl (C=O) groups is 1. The predicted molar refractivity (Wildman–Crippen MR) is 75.7 cm³/mol. The van der Waals surface area contributed by atoms with Crippen LogP contribution in [0.5, 0.6) is 0 Å². The van der Waals surface area contributed by atoms with Gasteiger partial charge in [-0.15, -0.1) is 22.9 Å². The molecule has 0 saturated carbocycles. The van der Waals surface area contributed by atoms with Gasteiger partial charge in [0.25, 0.3) is 0 Å². The molecule has 1 heterocycles. The molecule has 0 aliphatic heterocycles. The van der Waals surface area contributed by atoms with Crippen molar-refractivity contribution in [3.8, 4) is 0 Å². The number of thiazole rings is 1. The Morgan fingerprint density at radius 1 is 1.44 bits per heavy atom. The van der Waals surface area contributed by atoms with Gasteiger partial charge in [-0.2, -0.15) is 0 Å². The van der Waals surface area contributed by atoms with E-state index in [1.165, 1.54) is 18.3 Å². The monoisotopic (exact) mass is 281 g/mol. The number of rotatable bonds is 4. The lowest BCUT2D eigenvalue weighted by Crippen LogP contribution is -2.05. The number of nitrogens with zero attached hydrogens (tertiary/aromatic N) is 1. The second kappa shape index (κ2) is 5.84. The second-order valence-electron chi connectivity index (χ2n) is 3.66. The molecule has 0 atom stereocenters. The molecule has 1 amide bonds. The highest BCUT2D eigenvalue weighted by Gasteiger charge is 2.02. The summed E-state index contributed by atoms with van der Waals surface area (Å²) in [5, 5.41) is 8.59. The lowest BCUT2D eigenvalue weighted by molar-refractivity contribution is -0.114. The van der Waals surface area contributed by atoms with Crippen LogP contribution in [0.25, 0.3) is 0 Å². The molecule has 1 aromatic carbocycles. The van der Waals surface area contributed by atoms with Crippen molar-refractivity contribution in [1.29, 1.82) is 0 Å². The standard InChI is InChI=1S/C12H12ClN3OS/c1-8(17)14-9-3-2-4-10(5-9)15-12-16-11(6-13)7-18-12/h2-5,7H,6H2,1H3,(H,14,17)(H,15,16). The second-order valence-corrected chi connectivity index (χ2v) is 4.79. The first-order valence-corrected chi connectivity index (χ1v) is 6.74. The summed E-state index contributed by atoms with van der Waals surface area (Å²) in [6, 6.07) is 7.46. The van der Waals surface area contributed by atoms with Crippen molar-refractivity contribution in [1.82, 2.24) is 4.98 Å². The van der Waals surface area contributed by atoms with Gasteiger partial charge in [0.1, 0.15) is 0 Å². The minimum absolute atomic E-state index is 0.0918. The summed E-state index contributed by atoms with van der Waals surface area (Å²) in [6.07, 6.45) is 0. The van der Waals surface area contributed by atoms with E-state index in [1.807, 2.05) is 29.6 Å². The van der Waals surface area contributed by atoms with Crippen molar-refractivity contribution < 1.29 is 4.79 Å². The molecule has 1 aromatic heterocycles. The summed E-state index contributed by atoms with van der Waals surface area (Å²) in [7, 11) is 0. The average molecular weight is 282 g/mol. The normalized spacial score (nSPS) is 10.1. The van der Waals surface area contributed by atoms with Gasteiger partial charge in [0.2, 0.25) is 5.91 Å². The van der Waals surface area contributed by atoms with Crippen LogP contribution in [0.3, 0.4) is 0 Å². The Labute approximate surface area is 114 Å². The molecule has 0 aliphatic carbocycles. The van der Waals surface area contributed by atoms with Gasteiger partial charge in [-0.05, 0) is 18.2 Å². The van der Waals surface area contributed by atoms with Crippen molar-refractivity contribution in [3.05, 3.63) is 35.3 Å². The molecule has 6 heteroatoms. The van der Waals surface area contributed by atoms with Crippen molar-refractivity contribution >= 4 is 45.4 Å². The number of nitrogens with one attached hydrogen (secondary N) is 2. The molecule has 94 valence electrons. The predicted octanol–water partition coefficient (Wildman–Crippen LogP) is 3.58. The van der Waals surface area contributed by atoms with E-state index in [0.717, 1.165) is 22.2 Å². The average Bonchev–Trinajstić information content (AvgIpc) is 2.76. The van der Waals surface area contributed by atoms with Crippen molar-refractivity contribution in [2.75, 3.05) is 10.6 Å². The summed E-state index contributed by atoms with van der Waals surface area (Å²) in [5.74, 6) is 0.315. The topological polar surface area (TPSA) is 54.0 Å². The molecule has 0 aliphatic rings. The molecule has 18 heavy (non-hydrogen) atoms. The summed E-state index contributed by atoms with van der Waals surface area (Å²) < 4.78 is 0. The zero-order valence-corrected chi connectivity index (χ0v) is 11.3. The summed E-state index contributed by atoms with van der Waals surface area (Å²) >= 11 is 7.19. The maximum absolute atomic E-state index is 11.0. The number of aromatic nitrogens is 1. The maximum Gasteiger partial charge on any atom is 0.221 e. The Morgan fingerprint density at radius 3 is 2.89 bits per heavy atom. The Balaban J connectivity index is 2.11. The highest BCUT2D eigenvalue weighted by Crippen LogP contribution is 2.23. The number of hydrogen-bond acceptors (Lipinski definition) is 4. The Bertz CT molecular complexity index is 556. The fourth-order valence-corrected chi connectivity index (χ4v) is 2.39. The van der Waals surface area contributed by atoms with E-state index in [-0.39, 0.29) is 5.91 Å². The molecule has 0 spiro atoms. The molecule has 2 aromatic rings. The van der Waals surface area contributed by atoms with Gasteiger partial charge in [-0.3, -0.25) is 4.79 Å². The van der Waals surface area contributed by atoms with Gasteiger partial charge >= 0.3 is 0 Å². The highest BCUT2D eigenvalue weighted by molar-refractivity contribution is 7.13. The maximum atomic E-state index is 11.0. The van der Waals surface area contributed by atoms with Crippen molar-refractivity contribution in [3.63, 3.8) is 0 Å². The molecule has 0 fully saturated rings. The third-order valence-electron chi connectivity index (χ3n) is 2.12. The number of amides is 1. The number of anilines is 3. The van der Waals surface area contributed by atoms with Gasteiger partial charge in [0.15, 0.2) is 5.13 Å². The molecule has 2 rings (SSSR count). The van der Waals surface area contributed by atoms with Crippen LogP contribution in [0.4, 0.5) is 16.5 Å². The number of halogens is 1. The van der Waals surface area contributed by atoms with Crippen molar-refractivity contribution in [2.24, 2.45) is 0 Å². The molecule has 0 bridgehead atoms. The fraction of sp³-hybridized carbons (Fsp3) is 0.167. The van der Waals surface area contributed by atoms with Crippen LogP contribution in [-0.2, 0) is 10.7 Å². The third kappa shape index (κ3) is 3.45. The summed E-state index contributed by atoms with van der Waals surface area (Å²) in [5.41, 5.74) is 2.47. The van der Waals surface area contributed by atoms with Gasteiger partial charge < -0.3 is 10.6 Å². The minimum atomic E-state index is -0.0918.